The number of nitrogens with zero attached hydrogens (tertiary/aromatic N) is 1. The van der Waals surface area contributed by atoms with Gasteiger partial charge in [0.2, 0.25) is 5.91 Å². The van der Waals surface area contributed by atoms with Gasteiger partial charge < -0.3 is 19.1 Å². The van der Waals surface area contributed by atoms with Gasteiger partial charge in [-0.3, -0.25) is 4.79 Å². The molecular weight excluding hydrogens is 318 g/mol. The third kappa shape index (κ3) is 2.38. The van der Waals surface area contributed by atoms with E-state index in [9.17, 15) is 4.79 Å². The van der Waals surface area contributed by atoms with E-state index >= 15 is 0 Å². The van der Waals surface area contributed by atoms with Crippen molar-refractivity contribution in [3.8, 4) is 11.5 Å². The number of methoxy groups -OCH3 is 2. The summed E-state index contributed by atoms with van der Waals surface area (Å²) in [6, 6.07) is 15.5. The quantitative estimate of drug-likeness (QED) is 0.803. The summed E-state index contributed by atoms with van der Waals surface area (Å²) in [6.45, 7) is 1.12. The summed E-state index contributed by atoms with van der Waals surface area (Å²) in [7, 11) is 3.28. The number of carbonyl (C=O) groups excluding carboxylic acids is 1. The van der Waals surface area contributed by atoms with Gasteiger partial charge in [-0.2, -0.15) is 0 Å². The fourth-order valence-electron chi connectivity index (χ4n) is 3.88. The van der Waals surface area contributed by atoms with Crippen LogP contribution in [0.15, 0.2) is 48.5 Å². The van der Waals surface area contributed by atoms with E-state index < -0.39 is 5.41 Å². The molecule has 2 saturated heterocycles. The summed E-state index contributed by atoms with van der Waals surface area (Å²) in [5.74, 6) is 1.72. The average Bonchev–Trinajstić information content (AvgIpc) is 3.18. The second-order valence-corrected chi connectivity index (χ2v) is 6.51. The van der Waals surface area contributed by atoms with E-state index in [0.717, 1.165) is 29.2 Å². The highest BCUT2D eigenvalue weighted by atomic mass is 16.5. The molecule has 1 spiro atoms. The lowest BCUT2D eigenvalue weighted by atomic mass is 9.67. The molecule has 2 aliphatic rings. The Bertz CT molecular complexity index is 763. The number of benzene rings is 2. The van der Waals surface area contributed by atoms with Gasteiger partial charge in [0.25, 0.3) is 0 Å². The predicted molar refractivity (Wildman–Crippen MR) is 94.1 cm³/mol. The molecule has 5 nitrogen and oxygen atoms in total. The van der Waals surface area contributed by atoms with Crippen LogP contribution in [0.1, 0.15) is 18.0 Å². The molecule has 4 rings (SSSR count). The first-order chi connectivity index (χ1) is 12.2. The topological polar surface area (TPSA) is 48.0 Å². The third-order valence-corrected chi connectivity index (χ3v) is 5.26. The molecule has 2 atom stereocenters. The Morgan fingerprint density at radius 2 is 1.60 bits per heavy atom. The highest BCUT2D eigenvalue weighted by Gasteiger charge is 2.63. The number of β-lactam (4-membered cyclic amide) rings is 1. The molecule has 0 radical (unpaired) electrons. The minimum atomic E-state index is -0.450. The van der Waals surface area contributed by atoms with Crippen LogP contribution in [0.25, 0.3) is 0 Å². The second kappa shape index (κ2) is 6.08. The zero-order valence-electron chi connectivity index (χ0n) is 14.4. The van der Waals surface area contributed by atoms with Gasteiger partial charge in [0.05, 0.1) is 26.9 Å². The van der Waals surface area contributed by atoms with Crippen molar-refractivity contribution in [3.63, 3.8) is 0 Å². The van der Waals surface area contributed by atoms with Crippen LogP contribution >= 0.6 is 0 Å². The number of ether oxygens (including phenoxy) is 3. The van der Waals surface area contributed by atoms with Gasteiger partial charge in [-0.05, 0) is 48.4 Å². The molecule has 0 N–H and O–H groups in total. The molecule has 5 heteroatoms. The van der Waals surface area contributed by atoms with Crippen LogP contribution in [-0.4, -0.2) is 33.3 Å². The lowest BCUT2D eigenvalue weighted by Crippen LogP contribution is -2.64. The molecule has 0 saturated carbocycles. The van der Waals surface area contributed by atoms with Crippen LogP contribution in [0, 0.1) is 5.41 Å². The first-order valence-electron chi connectivity index (χ1n) is 8.39. The molecule has 0 aromatic heterocycles. The molecule has 0 aliphatic carbocycles. The molecule has 2 heterocycles. The van der Waals surface area contributed by atoms with E-state index in [1.165, 1.54) is 0 Å². The standard InChI is InChI=1S/C20H21NO4/c1-23-16-7-3-14(4-8-16)18-20(11-12-25-13-20)19(22)21(18)15-5-9-17(24-2)10-6-15/h3-10,18H,11-13H2,1-2H3/t18-,20-/m1/s1. The van der Waals surface area contributed by atoms with Crippen LogP contribution in [0.2, 0.25) is 0 Å². The summed E-state index contributed by atoms with van der Waals surface area (Å²) in [6.07, 6.45) is 0.759. The van der Waals surface area contributed by atoms with Crippen molar-refractivity contribution in [1.29, 1.82) is 0 Å². The zero-order valence-corrected chi connectivity index (χ0v) is 14.4. The third-order valence-electron chi connectivity index (χ3n) is 5.26. The van der Waals surface area contributed by atoms with Crippen molar-refractivity contribution in [2.45, 2.75) is 12.5 Å². The number of anilines is 1. The van der Waals surface area contributed by atoms with Gasteiger partial charge in [0, 0.05) is 12.3 Å². The number of amides is 1. The highest BCUT2D eigenvalue weighted by Crippen LogP contribution is 2.56. The van der Waals surface area contributed by atoms with Gasteiger partial charge in [-0.15, -0.1) is 0 Å². The number of hydrogen-bond acceptors (Lipinski definition) is 4. The van der Waals surface area contributed by atoms with Crippen molar-refractivity contribution in [2.24, 2.45) is 5.41 Å². The van der Waals surface area contributed by atoms with Crippen LogP contribution in [-0.2, 0) is 9.53 Å². The molecular formula is C20H21NO4. The van der Waals surface area contributed by atoms with E-state index in [0.29, 0.717) is 13.2 Å². The van der Waals surface area contributed by atoms with Crippen molar-refractivity contribution in [2.75, 3.05) is 32.3 Å². The van der Waals surface area contributed by atoms with Gasteiger partial charge in [-0.1, -0.05) is 12.1 Å². The minimum absolute atomic E-state index is 0.0261. The van der Waals surface area contributed by atoms with E-state index in [1.807, 2.05) is 53.4 Å². The number of carbonyl (C=O) groups is 1. The van der Waals surface area contributed by atoms with Crippen molar-refractivity contribution in [1.82, 2.24) is 0 Å². The monoisotopic (exact) mass is 339 g/mol. The van der Waals surface area contributed by atoms with Crippen LogP contribution in [0.4, 0.5) is 5.69 Å². The Kier molecular flexibility index (Phi) is 3.88. The van der Waals surface area contributed by atoms with Crippen molar-refractivity contribution in [3.05, 3.63) is 54.1 Å². The normalized spacial score (nSPS) is 25.1. The maximum absolute atomic E-state index is 13.0. The van der Waals surface area contributed by atoms with Crippen LogP contribution < -0.4 is 14.4 Å². The van der Waals surface area contributed by atoms with Crippen LogP contribution in [0.5, 0.6) is 11.5 Å². The molecule has 25 heavy (non-hydrogen) atoms. The highest BCUT2D eigenvalue weighted by molar-refractivity contribution is 6.06. The summed E-state index contributed by atoms with van der Waals surface area (Å²) in [5, 5.41) is 0. The van der Waals surface area contributed by atoms with E-state index in [4.69, 9.17) is 14.2 Å². The fraction of sp³-hybridized carbons (Fsp3) is 0.350. The van der Waals surface area contributed by atoms with Gasteiger partial charge in [-0.25, -0.2) is 0 Å². The average molecular weight is 339 g/mol. The number of hydrogen-bond donors (Lipinski definition) is 0. The Morgan fingerprint density at radius 1 is 1.00 bits per heavy atom. The molecule has 2 aliphatic heterocycles. The Hall–Kier alpha value is -2.53. The molecule has 2 aromatic rings. The van der Waals surface area contributed by atoms with Gasteiger partial charge in [0.1, 0.15) is 16.9 Å². The Labute approximate surface area is 147 Å². The van der Waals surface area contributed by atoms with Crippen LogP contribution in [0.3, 0.4) is 0 Å². The summed E-state index contributed by atoms with van der Waals surface area (Å²) in [4.78, 5) is 14.9. The molecule has 1 amide bonds. The molecule has 2 aromatic carbocycles. The lowest BCUT2D eigenvalue weighted by molar-refractivity contribution is -0.140. The first kappa shape index (κ1) is 16.0. The van der Waals surface area contributed by atoms with Gasteiger partial charge in [0.15, 0.2) is 0 Å². The fourth-order valence-corrected chi connectivity index (χ4v) is 3.88. The smallest absolute Gasteiger partial charge is 0.238 e. The van der Waals surface area contributed by atoms with Crippen molar-refractivity contribution < 1.29 is 19.0 Å². The largest absolute Gasteiger partial charge is 0.497 e. The van der Waals surface area contributed by atoms with E-state index in [-0.39, 0.29) is 11.9 Å². The minimum Gasteiger partial charge on any atom is -0.497 e. The molecule has 130 valence electrons. The summed E-state index contributed by atoms with van der Waals surface area (Å²) in [5.41, 5.74) is 1.53. The zero-order chi connectivity index (χ0) is 17.4. The van der Waals surface area contributed by atoms with Crippen molar-refractivity contribution >= 4 is 11.6 Å². The maximum Gasteiger partial charge on any atom is 0.238 e. The molecule has 2 fully saturated rings. The first-order valence-corrected chi connectivity index (χ1v) is 8.39. The number of rotatable bonds is 4. The summed E-state index contributed by atoms with van der Waals surface area (Å²) >= 11 is 0. The molecule has 0 unspecified atom stereocenters. The Balaban J connectivity index is 1.72. The Morgan fingerprint density at radius 3 is 2.12 bits per heavy atom. The maximum atomic E-state index is 13.0. The van der Waals surface area contributed by atoms with E-state index in [1.54, 1.807) is 14.2 Å². The molecule has 0 bridgehead atoms. The lowest BCUT2D eigenvalue weighted by Gasteiger charge is -2.54. The van der Waals surface area contributed by atoms with Gasteiger partial charge >= 0.3 is 0 Å². The SMILES string of the molecule is COc1ccc([C@H]2N(c3ccc(OC)cc3)C(=O)[C@@]23CCOC3)cc1. The second-order valence-electron chi connectivity index (χ2n) is 6.51. The predicted octanol–water partition coefficient (Wildman–Crippen LogP) is 3.20. The van der Waals surface area contributed by atoms with E-state index in [2.05, 4.69) is 0 Å². The summed E-state index contributed by atoms with van der Waals surface area (Å²) < 4.78 is 16.1.